The van der Waals surface area contributed by atoms with Crippen molar-refractivity contribution in [3.8, 4) is 5.75 Å². The maximum absolute atomic E-state index is 12.6. The van der Waals surface area contributed by atoms with Gasteiger partial charge in [-0.05, 0) is 42.3 Å². The van der Waals surface area contributed by atoms with Crippen molar-refractivity contribution >= 4 is 33.6 Å². The van der Waals surface area contributed by atoms with Crippen LogP contribution in [0.3, 0.4) is 0 Å². The minimum absolute atomic E-state index is 0.237. The van der Waals surface area contributed by atoms with Crippen molar-refractivity contribution in [3.63, 3.8) is 0 Å². The van der Waals surface area contributed by atoms with E-state index in [9.17, 15) is 4.79 Å². The van der Waals surface area contributed by atoms with Crippen LogP contribution in [-0.2, 0) is 6.42 Å². The van der Waals surface area contributed by atoms with E-state index in [1.54, 1.807) is 13.2 Å². The highest BCUT2D eigenvalue weighted by atomic mass is 16.5. The summed E-state index contributed by atoms with van der Waals surface area (Å²) in [6.45, 7) is 2.05. The number of furan rings is 1. The number of aromatic nitrogens is 1. The number of amides is 1. The number of anilines is 1. The number of para-hydroxylation sites is 1. The molecule has 5 heteroatoms. The molecule has 1 N–H and O–H groups in total. The molecule has 4 rings (SSSR count). The normalized spacial score (nSPS) is 11.0. The predicted molar refractivity (Wildman–Crippen MR) is 102 cm³/mol. The van der Waals surface area contributed by atoms with Crippen molar-refractivity contribution in [2.24, 2.45) is 0 Å². The number of rotatable bonds is 4. The summed E-state index contributed by atoms with van der Waals surface area (Å²) in [4.78, 5) is 17.1. The Balaban J connectivity index is 1.70. The number of hydrogen-bond acceptors (Lipinski definition) is 4. The highest BCUT2D eigenvalue weighted by molar-refractivity contribution is 6.05. The van der Waals surface area contributed by atoms with Crippen LogP contribution < -0.4 is 10.1 Å². The highest BCUT2D eigenvalue weighted by Gasteiger charge is 2.15. The maximum Gasteiger partial charge on any atom is 0.291 e. The molecule has 1 amide bonds. The van der Waals surface area contributed by atoms with Gasteiger partial charge in [0.2, 0.25) is 5.71 Å². The first-order valence-corrected chi connectivity index (χ1v) is 8.45. The number of aryl methyl sites for hydroxylation is 1. The van der Waals surface area contributed by atoms with Gasteiger partial charge in [0.05, 0.1) is 12.6 Å². The molecular weight excluding hydrogens is 328 g/mol. The van der Waals surface area contributed by atoms with Crippen LogP contribution in [0.5, 0.6) is 5.75 Å². The molecule has 0 bridgehead atoms. The lowest BCUT2D eigenvalue weighted by Crippen LogP contribution is -2.12. The zero-order chi connectivity index (χ0) is 18.1. The smallest absolute Gasteiger partial charge is 0.291 e. The molecule has 0 atom stereocenters. The van der Waals surface area contributed by atoms with Crippen molar-refractivity contribution in [2.75, 3.05) is 12.4 Å². The number of methoxy groups -OCH3 is 1. The number of ether oxygens (including phenoxy) is 1. The summed E-state index contributed by atoms with van der Waals surface area (Å²) in [6.07, 6.45) is 0.839. The third kappa shape index (κ3) is 2.88. The van der Waals surface area contributed by atoms with Crippen LogP contribution in [-0.4, -0.2) is 18.0 Å². The Hall–Kier alpha value is -3.34. The lowest BCUT2D eigenvalue weighted by molar-refractivity contribution is 0.0998. The van der Waals surface area contributed by atoms with E-state index >= 15 is 0 Å². The Kier molecular flexibility index (Phi) is 4.05. The standard InChI is InChI=1S/C21H18N2O3/c1-3-13-6-4-5-7-17(13)22-20(24)19-11-15-10-14-8-9-16(25-2)12-18(14)23-21(15)26-19/h4-12H,3H2,1-2H3,(H,22,24). The van der Waals surface area contributed by atoms with Crippen LogP contribution in [0.1, 0.15) is 23.0 Å². The highest BCUT2D eigenvalue weighted by Crippen LogP contribution is 2.26. The second-order valence-electron chi connectivity index (χ2n) is 6.02. The van der Waals surface area contributed by atoms with E-state index in [1.165, 1.54) is 0 Å². The molecule has 0 saturated carbocycles. The quantitative estimate of drug-likeness (QED) is 0.576. The van der Waals surface area contributed by atoms with E-state index in [2.05, 4.69) is 17.2 Å². The van der Waals surface area contributed by atoms with Gasteiger partial charge in [0.25, 0.3) is 5.91 Å². The van der Waals surface area contributed by atoms with Crippen LogP contribution in [0.25, 0.3) is 22.0 Å². The first kappa shape index (κ1) is 16.1. The van der Waals surface area contributed by atoms with Crippen LogP contribution in [0.2, 0.25) is 0 Å². The molecule has 0 radical (unpaired) electrons. The number of carbonyl (C=O) groups excluding carboxylic acids is 1. The molecule has 130 valence electrons. The zero-order valence-electron chi connectivity index (χ0n) is 14.6. The average molecular weight is 346 g/mol. The van der Waals surface area contributed by atoms with Gasteiger partial charge in [-0.3, -0.25) is 4.79 Å². The molecule has 0 aliphatic carbocycles. The third-order valence-corrected chi connectivity index (χ3v) is 4.38. The summed E-state index contributed by atoms with van der Waals surface area (Å²) < 4.78 is 10.9. The fraction of sp³-hybridized carbons (Fsp3) is 0.143. The average Bonchev–Trinajstić information content (AvgIpc) is 3.09. The van der Waals surface area contributed by atoms with Gasteiger partial charge < -0.3 is 14.5 Å². The van der Waals surface area contributed by atoms with Crippen LogP contribution >= 0.6 is 0 Å². The van der Waals surface area contributed by atoms with E-state index in [4.69, 9.17) is 9.15 Å². The molecule has 0 fully saturated rings. The summed E-state index contributed by atoms with van der Waals surface area (Å²) in [5.41, 5.74) is 3.06. The Bertz CT molecular complexity index is 1110. The van der Waals surface area contributed by atoms with Gasteiger partial charge in [-0.1, -0.05) is 25.1 Å². The summed E-state index contributed by atoms with van der Waals surface area (Å²) in [5, 5.41) is 4.67. The monoisotopic (exact) mass is 346 g/mol. The minimum atomic E-state index is -0.287. The molecule has 0 saturated heterocycles. The van der Waals surface area contributed by atoms with Gasteiger partial charge in [-0.2, -0.15) is 0 Å². The molecule has 0 aliphatic heterocycles. The molecule has 4 aromatic rings. The Morgan fingerprint density at radius 3 is 2.77 bits per heavy atom. The van der Waals surface area contributed by atoms with Crippen molar-refractivity contribution in [2.45, 2.75) is 13.3 Å². The zero-order valence-corrected chi connectivity index (χ0v) is 14.6. The lowest BCUT2D eigenvalue weighted by Gasteiger charge is -2.07. The minimum Gasteiger partial charge on any atom is -0.497 e. The number of pyridine rings is 1. The van der Waals surface area contributed by atoms with E-state index in [0.29, 0.717) is 5.71 Å². The fourth-order valence-corrected chi connectivity index (χ4v) is 2.98. The van der Waals surface area contributed by atoms with Gasteiger partial charge in [-0.25, -0.2) is 4.98 Å². The summed E-state index contributed by atoms with van der Waals surface area (Å²) in [7, 11) is 1.61. The lowest BCUT2D eigenvalue weighted by atomic mass is 10.1. The predicted octanol–water partition coefficient (Wildman–Crippen LogP) is 4.80. The van der Waals surface area contributed by atoms with E-state index in [-0.39, 0.29) is 11.7 Å². The number of hydrogen-bond donors (Lipinski definition) is 1. The molecule has 26 heavy (non-hydrogen) atoms. The molecule has 0 spiro atoms. The van der Waals surface area contributed by atoms with Crippen molar-refractivity contribution < 1.29 is 13.9 Å². The van der Waals surface area contributed by atoms with Crippen LogP contribution in [0.4, 0.5) is 5.69 Å². The number of nitrogens with one attached hydrogen (secondary N) is 1. The van der Waals surface area contributed by atoms with E-state index < -0.39 is 0 Å². The molecule has 0 unspecified atom stereocenters. The SMILES string of the molecule is CCc1ccccc1NC(=O)c1cc2cc3ccc(OC)cc3nc2o1. The van der Waals surface area contributed by atoms with Crippen molar-refractivity contribution in [3.05, 3.63) is 65.9 Å². The van der Waals surface area contributed by atoms with Crippen molar-refractivity contribution in [1.29, 1.82) is 0 Å². The molecule has 2 aromatic carbocycles. The van der Waals surface area contributed by atoms with Crippen LogP contribution in [0, 0.1) is 0 Å². The maximum atomic E-state index is 12.6. The Labute approximate surface area is 150 Å². The first-order valence-electron chi connectivity index (χ1n) is 8.45. The Morgan fingerprint density at radius 2 is 1.96 bits per heavy atom. The van der Waals surface area contributed by atoms with E-state index in [1.807, 2.05) is 48.5 Å². The molecule has 2 aromatic heterocycles. The molecule has 2 heterocycles. The second kappa shape index (κ2) is 6.52. The van der Waals surface area contributed by atoms with Gasteiger partial charge in [-0.15, -0.1) is 0 Å². The Morgan fingerprint density at radius 1 is 1.12 bits per heavy atom. The molecular formula is C21H18N2O3. The third-order valence-electron chi connectivity index (χ3n) is 4.38. The second-order valence-corrected chi connectivity index (χ2v) is 6.02. The number of fused-ring (bicyclic) bond motifs is 2. The van der Waals surface area contributed by atoms with Gasteiger partial charge >= 0.3 is 0 Å². The summed E-state index contributed by atoms with van der Waals surface area (Å²) in [6, 6.07) is 17.1. The molecule has 5 nitrogen and oxygen atoms in total. The van der Waals surface area contributed by atoms with E-state index in [0.717, 1.165) is 39.7 Å². The molecule has 0 aliphatic rings. The van der Waals surface area contributed by atoms with Gasteiger partial charge in [0.1, 0.15) is 5.75 Å². The van der Waals surface area contributed by atoms with Crippen LogP contribution in [0.15, 0.2) is 59.0 Å². The number of benzene rings is 2. The van der Waals surface area contributed by atoms with Gasteiger partial charge in [0, 0.05) is 22.5 Å². The topological polar surface area (TPSA) is 64.4 Å². The number of carbonyl (C=O) groups is 1. The van der Waals surface area contributed by atoms with Gasteiger partial charge in [0.15, 0.2) is 5.76 Å². The van der Waals surface area contributed by atoms with Crippen molar-refractivity contribution in [1.82, 2.24) is 4.98 Å². The summed E-state index contributed by atoms with van der Waals surface area (Å²) >= 11 is 0. The largest absolute Gasteiger partial charge is 0.497 e. The first-order chi connectivity index (χ1) is 12.7. The summed E-state index contributed by atoms with van der Waals surface area (Å²) in [5.74, 6) is 0.677. The fourth-order valence-electron chi connectivity index (χ4n) is 2.98. The number of nitrogens with zero attached hydrogens (tertiary/aromatic N) is 1.